The van der Waals surface area contributed by atoms with Gasteiger partial charge in [-0.05, 0) is 25.0 Å². The van der Waals surface area contributed by atoms with E-state index >= 15 is 0 Å². The normalized spacial score (nSPS) is 17.2. The van der Waals surface area contributed by atoms with Crippen LogP contribution in [0.3, 0.4) is 0 Å². The van der Waals surface area contributed by atoms with Crippen LogP contribution in [-0.2, 0) is 0 Å². The first kappa shape index (κ1) is 10.1. The van der Waals surface area contributed by atoms with Crippen LogP contribution in [-0.4, -0.2) is 24.4 Å². The van der Waals surface area contributed by atoms with Gasteiger partial charge in [-0.15, -0.1) is 0 Å². The van der Waals surface area contributed by atoms with E-state index < -0.39 is 0 Å². The molecule has 0 atom stereocenters. The molecular weight excluding hydrogens is 188 g/mol. The van der Waals surface area contributed by atoms with E-state index in [2.05, 4.69) is 9.88 Å². The average Bonchev–Trinajstić information content (AvgIpc) is 2.58. The Hall–Kier alpha value is -1.38. The van der Waals surface area contributed by atoms with Crippen LogP contribution in [0.4, 0.5) is 5.82 Å². The van der Waals surface area contributed by atoms with E-state index in [0.717, 1.165) is 25.2 Å². The van der Waals surface area contributed by atoms with Crippen LogP contribution in [0.25, 0.3) is 0 Å². The van der Waals surface area contributed by atoms with Gasteiger partial charge in [-0.1, -0.05) is 12.8 Å². The van der Waals surface area contributed by atoms with Crippen LogP contribution < -0.4 is 4.90 Å². The smallest absolute Gasteiger partial charge is 0.151 e. The first-order valence-electron chi connectivity index (χ1n) is 5.56. The summed E-state index contributed by atoms with van der Waals surface area (Å²) in [5, 5.41) is 0. The maximum atomic E-state index is 10.5. The summed E-state index contributed by atoms with van der Waals surface area (Å²) in [7, 11) is 0. The third-order valence-electron chi connectivity index (χ3n) is 2.84. The summed E-state index contributed by atoms with van der Waals surface area (Å²) in [4.78, 5) is 17.1. The molecule has 2 heterocycles. The van der Waals surface area contributed by atoms with Crippen molar-refractivity contribution in [2.45, 2.75) is 25.7 Å². The topological polar surface area (TPSA) is 33.2 Å². The van der Waals surface area contributed by atoms with Gasteiger partial charge in [-0.3, -0.25) is 4.79 Å². The predicted molar refractivity (Wildman–Crippen MR) is 60.3 cm³/mol. The Labute approximate surface area is 90.1 Å². The summed E-state index contributed by atoms with van der Waals surface area (Å²) in [5.41, 5.74) is 0.647. The Bertz CT molecular complexity index is 313. The van der Waals surface area contributed by atoms with Crippen molar-refractivity contribution in [3.05, 3.63) is 23.9 Å². The fourth-order valence-corrected chi connectivity index (χ4v) is 1.95. The Morgan fingerprint density at radius 2 is 1.87 bits per heavy atom. The standard InChI is InChI=1S/C12H16N2O/c15-10-11-5-6-12(13-9-11)14-7-3-1-2-4-8-14/h5-6,9-10H,1-4,7-8H2. The molecule has 15 heavy (non-hydrogen) atoms. The van der Waals surface area contributed by atoms with Gasteiger partial charge in [-0.25, -0.2) is 4.98 Å². The molecule has 1 aromatic heterocycles. The number of anilines is 1. The van der Waals surface area contributed by atoms with Gasteiger partial charge >= 0.3 is 0 Å². The summed E-state index contributed by atoms with van der Waals surface area (Å²) in [5.74, 6) is 1.00. The highest BCUT2D eigenvalue weighted by Crippen LogP contribution is 2.16. The second-order valence-corrected chi connectivity index (χ2v) is 3.97. The summed E-state index contributed by atoms with van der Waals surface area (Å²) in [6.07, 6.45) is 7.62. The molecule has 2 rings (SSSR count). The van der Waals surface area contributed by atoms with Crippen molar-refractivity contribution in [3.63, 3.8) is 0 Å². The first-order chi connectivity index (χ1) is 7.40. The molecule has 1 saturated heterocycles. The number of hydrogen-bond donors (Lipinski definition) is 0. The second-order valence-electron chi connectivity index (χ2n) is 3.97. The lowest BCUT2D eigenvalue weighted by atomic mass is 10.2. The molecule has 80 valence electrons. The molecule has 1 aromatic rings. The van der Waals surface area contributed by atoms with Gasteiger partial charge in [-0.2, -0.15) is 0 Å². The Kier molecular flexibility index (Phi) is 3.33. The number of hydrogen-bond acceptors (Lipinski definition) is 3. The zero-order valence-corrected chi connectivity index (χ0v) is 8.85. The molecule has 1 aliphatic heterocycles. The van der Waals surface area contributed by atoms with Crippen molar-refractivity contribution in [1.82, 2.24) is 4.98 Å². The lowest BCUT2D eigenvalue weighted by Gasteiger charge is -2.21. The molecule has 0 saturated carbocycles. The fraction of sp³-hybridized carbons (Fsp3) is 0.500. The molecule has 0 aliphatic carbocycles. The molecule has 3 nitrogen and oxygen atoms in total. The molecule has 0 amide bonds. The molecular formula is C12H16N2O. The van der Waals surface area contributed by atoms with Gasteiger partial charge in [0.05, 0.1) is 0 Å². The largest absolute Gasteiger partial charge is 0.357 e. The summed E-state index contributed by atoms with van der Waals surface area (Å²) in [6.45, 7) is 2.18. The van der Waals surface area contributed by atoms with E-state index in [1.807, 2.05) is 12.1 Å². The van der Waals surface area contributed by atoms with Gasteiger partial charge in [0, 0.05) is 24.8 Å². The Morgan fingerprint density at radius 1 is 1.13 bits per heavy atom. The minimum absolute atomic E-state index is 0.647. The van der Waals surface area contributed by atoms with Gasteiger partial charge in [0.1, 0.15) is 5.82 Å². The lowest BCUT2D eigenvalue weighted by molar-refractivity contribution is 0.112. The van der Waals surface area contributed by atoms with E-state index in [0.29, 0.717) is 5.56 Å². The molecule has 0 spiro atoms. The van der Waals surface area contributed by atoms with Crippen LogP contribution in [0.2, 0.25) is 0 Å². The third kappa shape index (κ3) is 2.55. The molecule has 0 bridgehead atoms. The molecule has 0 N–H and O–H groups in total. The van der Waals surface area contributed by atoms with Crippen LogP contribution in [0.15, 0.2) is 18.3 Å². The number of pyridine rings is 1. The first-order valence-corrected chi connectivity index (χ1v) is 5.56. The van der Waals surface area contributed by atoms with E-state index in [1.165, 1.54) is 25.7 Å². The van der Waals surface area contributed by atoms with Gasteiger partial charge in [0.15, 0.2) is 6.29 Å². The number of aldehydes is 1. The van der Waals surface area contributed by atoms with Crippen molar-refractivity contribution >= 4 is 12.1 Å². The van der Waals surface area contributed by atoms with Crippen LogP contribution in [0.5, 0.6) is 0 Å². The lowest BCUT2D eigenvalue weighted by Crippen LogP contribution is -2.24. The number of rotatable bonds is 2. The monoisotopic (exact) mass is 204 g/mol. The maximum Gasteiger partial charge on any atom is 0.151 e. The highest BCUT2D eigenvalue weighted by Gasteiger charge is 2.10. The van der Waals surface area contributed by atoms with Gasteiger partial charge in [0.2, 0.25) is 0 Å². The number of carbonyl (C=O) groups excluding carboxylic acids is 1. The third-order valence-corrected chi connectivity index (χ3v) is 2.84. The van der Waals surface area contributed by atoms with Crippen molar-refractivity contribution in [1.29, 1.82) is 0 Å². The van der Waals surface area contributed by atoms with Crippen molar-refractivity contribution in [3.8, 4) is 0 Å². The molecule has 0 unspecified atom stereocenters. The maximum absolute atomic E-state index is 10.5. The van der Waals surface area contributed by atoms with Crippen LogP contribution >= 0.6 is 0 Å². The van der Waals surface area contributed by atoms with E-state index in [1.54, 1.807) is 6.20 Å². The fourth-order valence-electron chi connectivity index (χ4n) is 1.95. The van der Waals surface area contributed by atoms with E-state index in [-0.39, 0.29) is 0 Å². The number of carbonyl (C=O) groups is 1. The average molecular weight is 204 g/mol. The summed E-state index contributed by atoms with van der Waals surface area (Å²) in [6, 6.07) is 3.77. The predicted octanol–water partition coefficient (Wildman–Crippen LogP) is 2.27. The second kappa shape index (κ2) is 4.91. The number of aromatic nitrogens is 1. The highest BCUT2D eigenvalue weighted by atomic mass is 16.1. The van der Waals surface area contributed by atoms with E-state index in [4.69, 9.17) is 0 Å². The zero-order valence-electron chi connectivity index (χ0n) is 8.85. The summed E-state index contributed by atoms with van der Waals surface area (Å²) >= 11 is 0. The molecule has 0 radical (unpaired) electrons. The minimum atomic E-state index is 0.647. The minimum Gasteiger partial charge on any atom is -0.357 e. The molecule has 0 aromatic carbocycles. The van der Waals surface area contributed by atoms with Crippen molar-refractivity contribution in [2.24, 2.45) is 0 Å². The van der Waals surface area contributed by atoms with Crippen LogP contribution in [0.1, 0.15) is 36.0 Å². The Morgan fingerprint density at radius 3 is 2.40 bits per heavy atom. The molecule has 1 aliphatic rings. The SMILES string of the molecule is O=Cc1ccc(N2CCCCCC2)nc1. The van der Waals surface area contributed by atoms with Crippen molar-refractivity contribution < 1.29 is 4.79 Å². The summed E-state index contributed by atoms with van der Waals surface area (Å²) < 4.78 is 0. The van der Waals surface area contributed by atoms with Gasteiger partial charge in [0.25, 0.3) is 0 Å². The zero-order chi connectivity index (χ0) is 10.5. The molecule has 3 heteroatoms. The molecule has 1 fully saturated rings. The van der Waals surface area contributed by atoms with E-state index in [9.17, 15) is 4.79 Å². The van der Waals surface area contributed by atoms with Gasteiger partial charge < -0.3 is 4.90 Å². The number of nitrogens with zero attached hydrogens (tertiary/aromatic N) is 2. The van der Waals surface area contributed by atoms with Crippen molar-refractivity contribution in [2.75, 3.05) is 18.0 Å². The van der Waals surface area contributed by atoms with Crippen LogP contribution in [0, 0.1) is 0 Å². The highest BCUT2D eigenvalue weighted by molar-refractivity contribution is 5.74. The Balaban J connectivity index is 2.09. The quantitative estimate of drug-likeness (QED) is 0.693.